The van der Waals surface area contributed by atoms with E-state index in [0.29, 0.717) is 12.3 Å². The van der Waals surface area contributed by atoms with Crippen molar-refractivity contribution in [2.75, 3.05) is 14.2 Å². The van der Waals surface area contributed by atoms with Gasteiger partial charge in [-0.3, -0.25) is 4.79 Å². The van der Waals surface area contributed by atoms with Crippen LogP contribution in [0.15, 0.2) is 12.3 Å². The average molecular weight is 168 g/mol. The standard InChI is InChI=1S/C9H14NO2/c1-10-6-5-8(7-10)3-4-9(11)12-2/h5-8H,3-4H2,1-2H3/q+1. The van der Waals surface area contributed by atoms with Crippen molar-refractivity contribution in [3.05, 3.63) is 12.3 Å². The Kier molecular flexibility index (Phi) is 3.02. The summed E-state index contributed by atoms with van der Waals surface area (Å²) in [6, 6.07) is 0. The maximum Gasteiger partial charge on any atom is 0.305 e. The van der Waals surface area contributed by atoms with E-state index in [-0.39, 0.29) is 5.97 Å². The maximum absolute atomic E-state index is 10.8. The van der Waals surface area contributed by atoms with Crippen LogP contribution in [-0.2, 0) is 9.53 Å². The second-order valence-corrected chi connectivity index (χ2v) is 2.93. The Morgan fingerprint density at radius 3 is 2.92 bits per heavy atom. The molecule has 12 heavy (non-hydrogen) atoms. The Balaban J connectivity index is 2.26. The average Bonchev–Trinajstić information content (AvgIpc) is 2.47. The molecule has 0 fully saturated rings. The highest BCUT2D eigenvalue weighted by atomic mass is 16.5. The van der Waals surface area contributed by atoms with E-state index in [2.05, 4.69) is 17.0 Å². The van der Waals surface area contributed by atoms with E-state index < -0.39 is 0 Å². The Bertz CT molecular complexity index is 231. The number of allylic oxidation sites excluding steroid dienone is 1. The van der Waals surface area contributed by atoms with E-state index >= 15 is 0 Å². The fourth-order valence-electron chi connectivity index (χ4n) is 1.21. The lowest BCUT2D eigenvalue weighted by Gasteiger charge is -1.99. The van der Waals surface area contributed by atoms with E-state index in [9.17, 15) is 4.79 Å². The molecule has 0 saturated heterocycles. The predicted octanol–water partition coefficient (Wildman–Crippen LogP) is 0.796. The highest BCUT2D eigenvalue weighted by Crippen LogP contribution is 2.10. The molecule has 0 N–H and O–H groups in total. The van der Waals surface area contributed by atoms with Gasteiger partial charge >= 0.3 is 5.97 Å². The first kappa shape index (κ1) is 8.97. The SMILES string of the molecule is COC(=O)CCC1C=C[N+](C)=C1. The molecule has 1 aliphatic heterocycles. The molecule has 0 aromatic rings. The summed E-state index contributed by atoms with van der Waals surface area (Å²) >= 11 is 0. The van der Waals surface area contributed by atoms with E-state index in [1.54, 1.807) is 0 Å². The number of rotatable bonds is 3. The van der Waals surface area contributed by atoms with Crippen LogP contribution < -0.4 is 0 Å². The number of hydrogen-bond donors (Lipinski definition) is 0. The van der Waals surface area contributed by atoms with Crippen molar-refractivity contribution in [1.29, 1.82) is 0 Å². The van der Waals surface area contributed by atoms with Gasteiger partial charge in [-0.15, -0.1) is 0 Å². The summed E-state index contributed by atoms with van der Waals surface area (Å²) in [5.74, 6) is 0.264. The summed E-state index contributed by atoms with van der Waals surface area (Å²) in [4.78, 5) is 10.8. The van der Waals surface area contributed by atoms with Crippen LogP contribution in [0.5, 0.6) is 0 Å². The predicted molar refractivity (Wildman–Crippen MR) is 46.1 cm³/mol. The number of ether oxygens (including phenoxy) is 1. The monoisotopic (exact) mass is 168 g/mol. The second-order valence-electron chi connectivity index (χ2n) is 2.93. The van der Waals surface area contributed by atoms with Crippen molar-refractivity contribution >= 4 is 12.2 Å². The highest BCUT2D eigenvalue weighted by Gasteiger charge is 2.14. The molecule has 0 radical (unpaired) electrons. The largest absolute Gasteiger partial charge is 0.469 e. The molecule has 3 heteroatoms. The Labute approximate surface area is 72.3 Å². The lowest BCUT2D eigenvalue weighted by atomic mass is 10.1. The third kappa shape index (κ3) is 2.49. The van der Waals surface area contributed by atoms with Crippen LogP contribution in [0.3, 0.4) is 0 Å². The molecule has 3 nitrogen and oxygen atoms in total. The van der Waals surface area contributed by atoms with E-state index in [1.165, 1.54) is 7.11 Å². The molecular weight excluding hydrogens is 154 g/mol. The molecule has 0 aliphatic carbocycles. The van der Waals surface area contributed by atoms with Gasteiger partial charge in [-0.2, -0.15) is 0 Å². The molecule has 1 aliphatic rings. The van der Waals surface area contributed by atoms with Crippen LogP contribution >= 0.6 is 0 Å². The third-order valence-electron chi connectivity index (χ3n) is 1.90. The summed E-state index contributed by atoms with van der Waals surface area (Å²) in [5, 5.41) is 0. The Morgan fingerprint density at radius 2 is 2.42 bits per heavy atom. The van der Waals surface area contributed by atoms with Crippen LogP contribution in [0.2, 0.25) is 0 Å². The number of carbonyl (C=O) groups is 1. The normalized spacial score (nSPS) is 20.8. The minimum atomic E-state index is -0.133. The Hall–Kier alpha value is -1.12. The number of methoxy groups -OCH3 is 1. The van der Waals surface area contributed by atoms with Gasteiger partial charge < -0.3 is 4.74 Å². The third-order valence-corrected chi connectivity index (χ3v) is 1.90. The lowest BCUT2D eigenvalue weighted by molar-refractivity contribution is -0.414. The van der Waals surface area contributed by atoms with Gasteiger partial charge in [0.05, 0.1) is 13.0 Å². The summed E-state index contributed by atoms with van der Waals surface area (Å²) in [5.41, 5.74) is 0. The molecule has 1 heterocycles. The molecule has 0 bridgehead atoms. The van der Waals surface area contributed by atoms with Gasteiger partial charge in [0.15, 0.2) is 12.4 Å². The summed E-state index contributed by atoms with van der Waals surface area (Å²) in [7, 11) is 3.40. The van der Waals surface area contributed by atoms with Crippen LogP contribution in [0.25, 0.3) is 0 Å². The molecular formula is C9H14NO2+. The van der Waals surface area contributed by atoms with Crippen LogP contribution in [0, 0.1) is 5.92 Å². The van der Waals surface area contributed by atoms with Crippen LogP contribution in [0.4, 0.5) is 0 Å². The molecule has 0 aromatic heterocycles. The van der Waals surface area contributed by atoms with Gasteiger partial charge in [-0.25, -0.2) is 4.58 Å². The zero-order valence-corrected chi connectivity index (χ0v) is 7.49. The second kappa shape index (κ2) is 4.04. The van der Waals surface area contributed by atoms with E-state index in [0.717, 1.165) is 6.42 Å². The lowest BCUT2D eigenvalue weighted by Crippen LogP contribution is -2.05. The van der Waals surface area contributed by atoms with E-state index in [4.69, 9.17) is 0 Å². The van der Waals surface area contributed by atoms with Gasteiger partial charge in [-0.1, -0.05) is 0 Å². The summed E-state index contributed by atoms with van der Waals surface area (Å²) in [6.45, 7) is 0. The van der Waals surface area contributed by atoms with E-state index in [1.807, 2.05) is 17.8 Å². The fourth-order valence-corrected chi connectivity index (χ4v) is 1.21. The first-order valence-electron chi connectivity index (χ1n) is 4.04. The zero-order valence-electron chi connectivity index (χ0n) is 7.49. The molecule has 1 rings (SSSR count). The maximum atomic E-state index is 10.8. The molecule has 0 saturated carbocycles. The minimum Gasteiger partial charge on any atom is -0.469 e. The van der Waals surface area contributed by atoms with Crippen molar-refractivity contribution in [3.63, 3.8) is 0 Å². The minimum absolute atomic E-state index is 0.133. The van der Waals surface area contributed by atoms with Crippen molar-refractivity contribution in [3.8, 4) is 0 Å². The van der Waals surface area contributed by atoms with Crippen LogP contribution in [-0.4, -0.2) is 30.9 Å². The van der Waals surface area contributed by atoms with Gasteiger partial charge in [0.1, 0.15) is 7.05 Å². The first-order chi connectivity index (χ1) is 5.72. The molecule has 1 unspecified atom stereocenters. The molecule has 1 atom stereocenters. The summed E-state index contributed by atoms with van der Waals surface area (Å²) in [6.07, 6.45) is 7.51. The van der Waals surface area contributed by atoms with Crippen molar-refractivity contribution in [2.45, 2.75) is 12.8 Å². The number of carbonyl (C=O) groups excluding carboxylic acids is 1. The van der Waals surface area contributed by atoms with Crippen molar-refractivity contribution < 1.29 is 14.1 Å². The van der Waals surface area contributed by atoms with Gasteiger partial charge in [0.2, 0.25) is 0 Å². The topological polar surface area (TPSA) is 29.3 Å². The number of nitrogens with zero attached hydrogens (tertiary/aromatic N) is 1. The molecule has 0 amide bonds. The molecule has 0 aromatic carbocycles. The van der Waals surface area contributed by atoms with Gasteiger partial charge in [-0.05, 0) is 12.5 Å². The first-order valence-corrected chi connectivity index (χ1v) is 4.04. The zero-order chi connectivity index (χ0) is 8.97. The van der Waals surface area contributed by atoms with Gasteiger partial charge in [0.25, 0.3) is 0 Å². The van der Waals surface area contributed by atoms with Crippen molar-refractivity contribution in [1.82, 2.24) is 0 Å². The molecule has 0 spiro atoms. The number of esters is 1. The van der Waals surface area contributed by atoms with Crippen LogP contribution in [0.1, 0.15) is 12.8 Å². The van der Waals surface area contributed by atoms with Crippen molar-refractivity contribution in [2.24, 2.45) is 5.92 Å². The van der Waals surface area contributed by atoms with Gasteiger partial charge in [0, 0.05) is 6.42 Å². The summed E-state index contributed by atoms with van der Waals surface area (Å²) < 4.78 is 6.55. The highest BCUT2D eigenvalue weighted by molar-refractivity contribution is 5.70. The number of hydrogen-bond acceptors (Lipinski definition) is 2. The quantitative estimate of drug-likeness (QED) is 0.460. The Morgan fingerprint density at radius 1 is 1.67 bits per heavy atom. The molecule has 66 valence electrons. The fraction of sp³-hybridized carbons (Fsp3) is 0.556. The smallest absolute Gasteiger partial charge is 0.305 e.